The van der Waals surface area contributed by atoms with Crippen molar-refractivity contribution >= 4 is 17.5 Å². The van der Waals surface area contributed by atoms with Crippen molar-refractivity contribution < 1.29 is 14.3 Å². The van der Waals surface area contributed by atoms with E-state index in [0.717, 1.165) is 51.8 Å². The van der Waals surface area contributed by atoms with Crippen LogP contribution in [0.4, 0.5) is 0 Å². The van der Waals surface area contributed by atoms with Crippen LogP contribution in [0.3, 0.4) is 0 Å². The van der Waals surface area contributed by atoms with Gasteiger partial charge in [0.05, 0.1) is 11.7 Å². The number of hydrogen-bond acceptors (Lipinski definition) is 6. The van der Waals surface area contributed by atoms with E-state index in [1.54, 1.807) is 18.3 Å². The molecule has 2 aromatic rings. The first kappa shape index (κ1) is 18.5. The summed E-state index contributed by atoms with van der Waals surface area (Å²) in [7, 11) is 0. The number of piperidine rings is 2. The number of ether oxygens (including phenoxy) is 1. The molecule has 0 aliphatic carbocycles. The van der Waals surface area contributed by atoms with E-state index in [-0.39, 0.29) is 23.3 Å². The van der Waals surface area contributed by atoms with Crippen LogP contribution in [0.2, 0.25) is 0 Å². The van der Waals surface area contributed by atoms with Gasteiger partial charge in [0.2, 0.25) is 5.91 Å². The molecule has 1 unspecified atom stereocenters. The molecule has 5 heterocycles. The minimum absolute atomic E-state index is 0.0142. The van der Waals surface area contributed by atoms with Crippen molar-refractivity contribution in [3.63, 3.8) is 0 Å². The second kappa shape index (κ2) is 7.37. The van der Waals surface area contributed by atoms with E-state index in [4.69, 9.17) is 4.74 Å². The Kier molecular flexibility index (Phi) is 4.69. The van der Waals surface area contributed by atoms with Crippen molar-refractivity contribution in [2.24, 2.45) is 5.41 Å². The number of hydrogen-bond donors (Lipinski definition) is 0. The number of carbonyl (C=O) groups excluding carboxylic acids is 2. The molecule has 3 aliphatic rings. The van der Waals surface area contributed by atoms with Gasteiger partial charge in [-0.2, -0.15) is 4.52 Å². The molecule has 1 atom stereocenters. The van der Waals surface area contributed by atoms with Gasteiger partial charge in [0.1, 0.15) is 0 Å². The Balaban J connectivity index is 1.23. The average molecular weight is 398 g/mol. The minimum atomic E-state index is 0.0142. The smallest absolute Gasteiger partial charge is 0.255 e. The minimum Gasteiger partial charge on any atom is -0.376 e. The van der Waals surface area contributed by atoms with Gasteiger partial charge in [0, 0.05) is 45.4 Å². The molecule has 3 fully saturated rings. The number of carbonyl (C=O) groups is 2. The Labute approximate surface area is 169 Å². The summed E-state index contributed by atoms with van der Waals surface area (Å²) in [6, 6.07) is 3.54. The molecule has 0 aromatic carbocycles. The van der Waals surface area contributed by atoms with Gasteiger partial charge in [0.25, 0.3) is 5.91 Å². The van der Waals surface area contributed by atoms with Crippen molar-refractivity contribution in [2.75, 3.05) is 32.8 Å². The molecule has 154 valence electrons. The zero-order valence-electron chi connectivity index (χ0n) is 16.5. The first-order chi connectivity index (χ1) is 14.1. The zero-order chi connectivity index (χ0) is 19.8. The summed E-state index contributed by atoms with van der Waals surface area (Å²) in [4.78, 5) is 29.3. The van der Waals surface area contributed by atoms with Gasteiger partial charge < -0.3 is 14.5 Å². The van der Waals surface area contributed by atoms with Crippen LogP contribution in [0.1, 0.15) is 48.9 Å². The quantitative estimate of drug-likeness (QED) is 0.770. The van der Waals surface area contributed by atoms with Gasteiger partial charge in [-0.25, -0.2) is 0 Å². The highest BCUT2D eigenvalue weighted by Crippen LogP contribution is 2.40. The lowest BCUT2D eigenvalue weighted by Gasteiger charge is -2.47. The van der Waals surface area contributed by atoms with E-state index in [1.165, 1.54) is 4.52 Å². The summed E-state index contributed by atoms with van der Waals surface area (Å²) in [5.41, 5.74) is 1.35. The molecule has 5 rings (SSSR count). The van der Waals surface area contributed by atoms with Gasteiger partial charge in [-0.15, -0.1) is 5.10 Å². The summed E-state index contributed by atoms with van der Waals surface area (Å²) in [5, 5.41) is 11.4. The second-order valence-electron chi connectivity index (χ2n) is 8.60. The number of tetrazole rings is 1. The highest BCUT2D eigenvalue weighted by molar-refractivity contribution is 5.94. The first-order valence-corrected chi connectivity index (χ1v) is 10.5. The molecule has 3 aliphatic heterocycles. The number of fused-ring (bicyclic) bond motifs is 1. The monoisotopic (exact) mass is 398 g/mol. The van der Waals surface area contributed by atoms with Crippen LogP contribution in [0, 0.1) is 5.41 Å². The zero-order valence-corrected chi connectivity index (χ0v) is 16.5. The maximum Gasteiger partial charge on any atom is 0.255 e. The summed E-state index contributed by atoms with van der Waals surface area (Å²) in [6.45, 7) is 3.76. The third-order valence-electron chi connectivity index (χ3n) is 6.75. The van der Waals surface area contributed by atoms with Crippen LogP contribution < -0.4 is 0 Å². The molecule has 1 spiro atoms. The van der Waals surface area contributed by atoms with E-state index in [2.05, 4.69) is 15.5 Å². The largest absolute Gasteiger partial charge is 0.376 e. The molecule has 9 heteroatoms. The molecule has 0 N–H and O–H groups in total. The van der Waals surface area contributed by atoms with E-state index in [9.17, 15) is 9.59 Å². The molecule has 2 amide bonds. The maximum atomic E-state index is 12.9. The first-order valence-electron chi connectivity index (χ1n) is 10.5. The maximum absolute atomic E-state index is 12.9. The van der Waals surface area contributed by atoms with Gasteiger partial charge in [-0.05, 0) is 60.1 Å². The summed E-state index contributed by atoms with van der Waals surface area (Å²) in [5.74, 6) is 0.264. The van der Waals surface area contributed by atoms with Crippen LogP contribution in [0.25, 0.3) is 5.65 Å². The SMILES string of the molecule is O=C1CCC2(CCN(C(=O)c3ccc4nnnn4c3)CC2)CN1CC1CCCO1. The third-order valence-corrected chi connectivity index (χ3v) is 6.75. The lowest BCUT2D eigenvalue weighted by atomic mass is 9.72. The fourth-order valence-electron chi connectivity index (χ4n) is 4.95. The van der Waals surface area contributed by atoms with E-state index >= 15 is 0 Å². The number of likely N-dealkylation sites (tertiary alicyclic amines) is 2. The van der Waals surface area contributed by atoms with Crippen molar-refractivity contribution in [2.45, 2.75) is 44.6 Å². The average Bonchev–Trinajstić information content (AvgIpc) is 3.42. The fourth-order valence-corrected chi connectivity index (χ4v) is 4.95. The van der Waals surface area contributed by atoms with Crippen LogP contribution in [-0.4, -0.2) is 80.5 Å². The molecule has 2 aromatic heterocycles. The topological polar surface area (TPSA) is 92.9 Å². The number of rotatable bonds is 3. The van der Waals surface area contributed by atoms with Crippen molar-refractivity contribution in [1.29, 1.82) is 0 Å². The van der Waals surface area contributed by atoms with Gasteiger partial charge in [0.15, 0.2) is 5.65 Å². The Morgan fingerprint density at radius 1 is 1.24 bits per heavy atom. The Morgan fingerprint density at radius 3 is 2.90 bits per heavy atom. The molecular weight excluding hydrogens is 372 g/mol. The standard InChI is InChI=1S/C20H26N6O3/c27-18-5-6-20(14-25(18)13-16-2-1-11-29-16)7-9-24(10-8-20)19(28)15-3-4-17-21-22-23-26(17)12-15/h3-4,12,16H,1-2,5-11,13-14H2. The van der Waals surface area contributed by atoms with Crippen LogP contribution in [0.15, 0.2) is 18.3 Å². The summed E-state index contributed by atoms with van der Waals surface area (Å²) >= 11 is 0. The number of aromatic nitrogens is 4. The van der Waals surface area contributed by atoms with Gasteiger partial charge >= 0.3 is 0 Å². The predicted molar refractivity (Wildman–Crippen MR) is 103 cm³/mol. The van der Waals surface area contributed by atoms with Gasteiger partial charge in [-0.1, -0.05) is 0 Å². The van der Waals surface area contributed by atoms with Gasteiger partial charge in [-0.3, -0.25) is 9.59 Å². The van der Waals surface area contributed by atoms with E-state index in [1.807, 2.05) is 9.80 Å². The number of nitrogens with zero attached hydrogens (tertiary/aromatic N) is 6. The van der Waals surface area contributed by atoms with Crippen molar-refractivity contribution in [3.8, 4) is 0 Å². The number of amides is 2. The molecule has 0 saturated carbocycles. The molecule has 0 radical (unpaired) electrons. The normalized spacial score (nSPS) is 24.6. The molecule has 0 bridgehead atoms. The molecule has 9 nitrogen and oxygen atoms in total. The molecule has 3 saturated heterocycles. The highest BCUT2D eigenvalue weighted by atomic mass is 16.5. The predicted octanol–water partition coefficient (Wildman–Crippen LogP) is 1.15. The fraction of sp³-hybridized carbons (Fsp3) is 0.650. The second-order valence-corrected chi connectivity index (χ2v) is 8.60. The summed E-state index contributed by atoms with van der Waals surface area (Å²) in [6.07, 6.45) is 7.41. The van der Waals surface area contributed by atoms with Crippen molar-refractivity contribution in [1.82, 2.24) is 29.8 Å². The van der Waals surface area contributed by atoms with Crippen LogP contribution in [-0.2, 0) is 9.53 Å². The Morgan fingerprint density at radius 2 is 2.10 bits per heavy atom. The molecule has 29 heavy (non-hydrogen) atoms. The Bertz CT molecular complexity index is 914. The Hall–Kier alpha value is -2.55. The highest BCUT2D eigenvalue weighted by Gasteiger charge is 2.42. The molecular formula is C20H26N6O3. The van der Waals surface area contributed by atoms with Crippen LogP contribution >= 0.6 is 0 Å². The number of pyridine rings is 1. The van der Waals surface area contributed by atoms with E-state index < -0.39 is 0 Å². The third kappa shape index (κ3) is 3.59. The lowest BCUT2D eigenvalue weighted by Crippen LogP contribution is -2.53. The van der Waals surface area contributed by atoms with Crippen molar-refractivity contribution in [3.05, 3.63) is 23.9 Å². The summed E-state index contributed by atoms with van der Waals surface area (Å²) < 4.78 is 7.26. The lowest BCUT2D eigenvalue weighted by molar-refractivity contribution is -0.141. The van der Waals surface area contributed by atoms with E-state index in [0.29, 0.717) is 30.7 Å². The van der Waals surface area contributed by atoms with Crippen LogP contribution in [0.5, 0.6) is 0 Å².